The van der Waals surface area contributed by atoms with Crippen molar-refractivity contribution in [2.75, 3.05) is 0 Å². The second-order valence-electron chi connectivity index (χ2n) is 1.95. The van der Waals surface area contributed by atoms with Gasteiger partial charge in [-0.25, -0.2) is 0 Å². The first kappa shape index (κ1) is 6.74. The highest BCUT2D eigenvalue weighted by Gasteiger charge is 2.09. The quantitative estimate of drug-likeness (QED) is 0.592. The highest BCUT2D eigenvalue weighted by atomic mass is 16.4. The minimum atomic E-state index is -0.833. The molecule has 1 aliphatic carbocycles. The molecule has 10 heavy (non-hydrogen) atoms. The fraction of sp³-hybridized carbons (Fsp3) is 0.143. The first-order valence-electron chi connectivity index (χ1n) is 2.86. The molecule has 0 saturated carbocycles. The molecule has 1 aliphatic heterocycles. The topological polar surface area (TPSA) is 50.2 Å². The summed E-state index contributed by atoms with van der Waals surface area (Å²) in [6.07, 6.45) is 1.82. The maximum absolute atomic E-state index is 9.00. The van der Waals surface area contributed by atoms with Crippen LogP contribution in [0.1, 0.15) is 6.92 Å². The van der Waals surface area contributed by atoms with Gasteiger partial charge < -0.3 is 5.11 Å². The summed E-state index contributed by atoms with van der Waals surface area (Å²) in [6.45, 7) is 1.08. The predicted molar refractivity (Wildman–Crippen MR) is 36.5 cm³/mol. The summed E-state index contributed by atoms with van der Waals surface area (Å²) in [5.41, 5.74) is 2.49. The molecule has 52 valence electrons. The van der Waals surface area contributed by atoms with Gasteiger partial charge in [0.2, 0.25) is 0 Å². The van der Waals surface area contributed by atoms with Crippen molar-refractivity contribution < 1.29 is 9.90 Å². The summed E-state index contributed by atoms with van der Waals surface area (Å²) < 4.78 is 0. The zero-order valence-corrected chi connectivity index (χ0v) is 5.53. The van der Waals surface area contributed by atoms with E-state index in [1.54, 1.807) is 0 Å². The van der Waals surface area contributed by atoms with Gasteiger partial charge in [0.25, 0.3) is 5.97 Å². The number of carboxylic acids is 1. The SMILES string of the molecule is CC(=O)O.c1cc2cc-2n1. The number of hydrogen-bond acceptors (Lipinski definition) is 2. The number of aliphatic carboxylic acids is 1. The fourth-order valence-corrected chi connectivity index (χ4v) is 0.554. The van der Waals surface area contributed by atoms with E-state index in [1.165, 1.54) is 11.3 Å². The standard InChI is InChI=1S/C5H3N.C2H4O2/c1-2-6-5-3-4(1)5;1-2(3)4/h1-3H;1H3,(H,3,4). The summed E-state index contributed by atoms with van der Waals surface area (Å²) in [5, 5.41) is 7.42. The molecule has 0 saturated heterocycles. The largest absolute Gasteiger partial charge is 0.481 e. The number of nitrogens with zero attached hydrogens (tertiary/aromatic N) is 1. The Hall–Kier alpha value is -1.38. The monoisotopic (exact) mass is 137 g/mol. The summed E-state index contributed by atoms with van der Waals surface area (Å²) >= 11 is 0. The second-order valence-corrected chi connectivity index (χ2v) is 1.95. The Kier molecular flexibility index (Phi) is 1.67. The van der Waals surface area contributed by atoms with E-state index in [2.05, 4.69) is 11.1 Å². The molecule has 0 atom stereocenters. The molecule has 0 fully saturated rings. The van der Waals surface area contributed by atoms with Gasteiger partial charge in [-0.05, 0) is 12.1 Å². The van der Waals surface area contributed by atoms with Crippen LogP contribution in [0.2, 0.25) is 0 Å². The van der Waals surface area contributed by atoms with E-state index in [-0.39, 0.29) is 0 Å². The minimum absolute atomic E-state index is 0.833. The van der Waals surface area contributed by atoms with Crippen LogP contribution < -0.4 is 0 Å². The zero-order valence-electron chi connectivity index (χ0n) is 5.53. The molecule has 3 heteroatoms. The zero-order chi connectivity index (χ0) is 7.56. The van der Waals surface area contributed by atoms with E-state index in [9.17, 15) is 0 Å². The molecule has 0 aromatic rings. The smallest absolute Gasteiger partial charge is 0.300 e. The van der Waals surface area contributed by atoms with Crippen LogP contribution in [0, 0.1) is 0 Å². The Morgan fingerprint density at radius 3 is 2.40 bits per heavy atom. The van der Waals surface area contributed by atoms with E-state index < -0.39 is 5.97 Å². The molecule has 1 heterocycles. The Balaban J connectivity index is 0.000000112. The third kappa shape index (κ3) is 1.85. The lowest BCUT2D eigenvalue weighted by atomic mass is 10.6. The van der Waals surface area contributed by atoms with Crippen molar-refractivity contribution >= 4 is 5.97 Å². The molecule has 3 nitrogen and oxygen atoms in total. The average Bonchev–Trinajstić information content (AvgIpc) is 2.40. The number of aromatic nitrogens is 1. The van der Waals surface area contributed by atoms with Crippen molar-refractivity contribution in [1.29, 1.82) is 0 Å². The van der Waals surface area contributed by atoms with Crippen LogP contribution in [0.3, 0.4) is 0 Å². The van der Waals surface area contributed by atoms with Gasteiger partial charge in [-0.15, -0.1) is 0 Å². The molecule has 2 aliphatic rings. The predicted octanol–water partition coefficient (Wildman–Crippen LogP) is 1.15. The van der Waals surface area contributed by atoms with E-state index in [4.69, 9.17) is 9.90 Å². The van der Waals surface area contributed by atoms with Gasteiger partial charge in [0.15, 0.2) is 0 Å². The molecular formula is C7H7NO2. The number of hydrogen-bond donors (Lipinski definition) is 1. The van der Waals surface area contributed by atoms with Crippen LogP contribution >= 0.6 is 0 Å². The molecule has 1 N–H and O–H groups in total. The molecule has 0 spiro atoms. The van der Waals surface area contributed by atoms with Gasteiger partial charge >= 0.3 is 0 Å². The summed E-state index contributed by atoms with van der Waals surface area (Å²) in [5.74, 6) is -0.833. The molecule has 0 bridgehead atoms. The van der Waals surface area contributed by atoms with Crippen molar-refractivity contribution in [2.24, 2.45) is 0 Å². The van der Waals surface area contributed by atoms with Crippen LogP contribution in [-0.4, -0.2) is 16.1 Å². The van der Waals surface area contributed by atoms with Crippen LogP contribution in [-0.2, 0) is 4.79 Å². The van der Waals surface area contributed by atoms with E-state index >= 15 is 0 Å². The van der Waals surface area contributed by atoms with E-state index in [1.807, 2.05) is 12.3 Å². The third-order valence-electron chi connectivity index (χ3n) is 0.972. The first-order valence-corrected chi connectivity index (χ1v) is 2.86. The summed E-state index contributed by atoms with van der Waals surface area (Å²) in [4.78, 5) is 13.0. The molecule has 0 aromatic carbocycles. The van der Waals surface area contributed by atoms with Gasteiger partial charge in [0.1, 0.15) is 0 Å². The lowest BCUT2D eigenvalue weighted by Gasteiger charge is -1.59. The first-order chi connectivity index (χ1) is 4.70. The number of carboxylic acid groups (broad SMARTS) is 1. The average molecular weight is 137 g/mol. The molecule has 2 rings (SSSR count). The highest BCUT2D eigenvalue weighted by Crippen LogP contribution is 2.29. The lowest BCUT2D eigenvalue weighted by molar-refractivity contribution is -0.134. The van der Waals surface area contributed by atoms with Crippen LogP contribution in [0.15, 0.2) is 18.3 Å². The summed E-state index contributed by atoms with van der Waals surface area (Å²) in [7, 11) is 0. The Morgan fingerprint density at radius 1 is 1.70 bits per heavy atom. The maximum atomic E-state index is 9.00. The van der Waals surface area contributed by atoms with Gasteiger partial charge in [-0.1, -0.05) is 0 Å². The van der Waals surface area contributed by atoms with Crippen LogP contribution in [0.4, 0.5) is 0 Å². The van der Waals surface area contributed by atoms with Crippen molar-refractivity contribution in [3.05, 3.63) is 18.3 Å². The van der Waals surface area contributed by atoms with Crippen LogP contribution in [0.5, 0.6) is 0 Å². The molecule has 0 radical (unpaired) electrons. The Labute approximate surface area is 58.3 Å². The maximum Gasteiger partial charge on any atom is 0.300 e. The van der Waals surface area contributed by atoms with E-state index in [0.29, 0.717) is 0 Å². The highest BCUT2D eigenvalue weighted by molar-refractivity contribution is 5.75. The fourth-order valence-electron chi connectivity index (χ4n) is 0.554. The summed E-state index contributed by atoms with van der Waals surface area (Å²) in [6, 6.07) is 4.06. The molecule has 0 amide bonds. The normalized spacial score (nSPS) is 9.30. The van der Waals surface area contributed by atoms with Crippen molar-refractivity contribution in [1.82, 2.24) is 4.98 Å². The van der Waals surface area contributed by atoms with E-state index in [0.717, 1.165) is 6.92 Å². The van der Waals surface area contributed by atoms with Gasteiger partial charge in [0, 0.05) is 18.7 Å². The van der Waals surface area contributed by atoms with Gasteiger partial charge in [-0.2, -0.15) is 0 Å². The number of carbonyl (C=O) groups is 1. The molecular weight excluding hydrogens is 130 g/mol. The lowest BCUT2D eigenvalue weighted by Crippen LogP contribution is -1.78. The molecule has 0 aromatic heterocycles. The Morgan fingerprint density at radius 2 is 2.30 bits per heavy atom. The third-order valence-corrected chi connectivity index (χ3v) is 0.972. The van der Waals surface area contributed by atoms with Crippen LogP contribution in [0.25, 0.3) is 11.3 Å². The van der Waals surface area contributed by atoms with Crippen molar-refractivity contribution in [3.8, 4) is 11.3 Å². The molecule has 0 unspecified atom stereocenters. The number of fused-ring (bicyclic) bond motifs is 1. The van der Waals surface area contributed by atoms with Crippen molar-refractivity contribution in [3.63, 3.8) is 0 Å². The minimum Gasteiger partial charge on any atom is -0.481 e. The number of pyridine rings is 1. The Bertz CT molecular complexity index is 236. The van der Waals surface area contributed by atoms with Crippen molar-refractivity contribution in [2.45, 2.75) is 6.92 Å². The second kappa shape index (κ2) is 2.47. The van der Waals surface area contributed by atoms with Gasteiger partial charge in [0.05, 0.1) is 5.69 Å². The van der Waals surface area contributed by atoms with Gasteiger partial charge in [-0.3, -0.25) is 9.78 Å². The number of rotatable bonds is 0.